The molecular formula is C13H15NO6. The van der Waals surface area contributed by atoms with Crippen LogP contribution < -0.4 is 5.32 Å². The quantitative estimate of drug-likeness (QED) is 0.583. The molecule has 7 nitrogen and oxygen atoms in total. The number of aromatic hydroxyl groups is 1. The van der Waals surface area contributed by atoms with Gasteiger partial charge < -0.3 is 19.9 Å². The van der Waals surface area contributed by atoms with E-state index in [0.29, 0.717) is 5.56 Å². The van der Waals surface area contributed by atoms with E-state index in [1.54, 1.807) is 12.1 Å². The van der Waals surface area contributed by atoms with E-state index in [2.05, 4.69) is 14.8 Å². The van der Waals surface area contributed by atoms with Gasteiger partial charge in [-0.25, -0.2) is 9.59 Å². The molecule has 108 valence electrons. The Bertz CT molecular complexity index is 496. The Kier molecular flexibility index (Phi) is 5.52. The molecule has 0 bridgehead atoms. The van der Waals surface area contributed by atoms with E-state index < -0.39 is 23.9 Å². The van der Waals surface area contributed by atoms with Crippen LogP contribution in [0.3, 0.4) is 0 Å². The molecule has 1 aromatic rings. The molecule has 0 spiro atoms. The molecule has 0 heterocycles. The topological polar surface area (TPSA) is 102 Å². The molecule has 20 heavy (non-hydrogen) atoms. The third-order valence-electron chi connectivity index (χ3n) is 2.54. The first-order valence-corrected chi connectivity index (χ1v) is 5.72. The zero-order valence-electron chi connectivity index (χ0n) is 11.1. The highest BCUT2D eigenvalue weighted by molar-refractivity contribution is 6.32. The summed E-state index contributed by atoms with van der Waals surface area (Å²) in [6, 6.07) is 5.07. The van der Waals surface area contributed by atoms with Crippen LogP contribution in [0.2, 0.25) is 0 Å². The van der Waals surface area contributed by atoms with Crippen molar-refractivity contribution in [2.24, 2.45) is 0 Å². The number of hydrogen-bond acceptors (Lipinski definition) is 6. The fourth-order valence-electron chi connectivity index (χ4n) is 1.51. The van der Waals surface area contributed by atoms with Crippen molar-refractivity contribution in [1.29, 1.82) is 0 Å². The summed E-state index contributed by atoms with van der Waals surface area (Å²) in [5.41, 5.74) is 0.684. The Labute approximate surface area is 115 Å². The van der Waals surface area contributed by atoms with Gasteiger partial charge in [-0.15, -0.1) is 0 Å². The number of carbonyl (C=O) groups is 3. The number of esters is 2. The first-order chi connectivity index (χ1) is 9.47. The Balaban J connectivity index is 2.79. The molecule has 0 saturated heterocycles. The maximum atomic E-state index is 11.6. The minimum Gasteiger partial charge on any atom is -0.508 e. The predicted molar refractivity (Wildman–Crippen MR) is 67.8 cm³/mol. The van der Waals surface area contributed by atoms with Gasteiger partial charge in [0, 0.05) is 6.42 Å². The summed E-state index contributed by atoms with van der Waals surface area (Å²) in [6.07, 6.45) is 0.121. The molecule has 1 rings (SSSR count). The molecule has 0 fully saturated rings. The molecule has 0 aliphatic rings. The van der Waals surface area contributed by atoms with Crippen LogP contribution in [0.5, 0.6) is 5.75 Å². The zero-order chi connectivity index (χ0) is 15.1. The lowest BCUT2D eigenvalue weighted by atomic mass is 10.1. The van der Waals surface area contributed by atoms with Gasteiger partial charge >= 0.3 is 17.8 Å². The van der Waals surface area contributed by atoms with Crippen molar-refractivity contribution in [2.75, 3.05) is 14.2 Å². The van der Waals surface area contributed by atoms with Crippen molar-refractivity contribution >= 4 is 17.8 Å². The minimum atomic E-state index is -1.09. The van der Waals surface area contributed by atoms with Gasteiger partial charge in [-0.05, 0) is 17.7 Å². The van der Waals surface area contributed by atoms with Gasteiger partial charge in [0.05, 0.1) is 14.2 Å². The Morgan fingerprint density at radius 1 is 1.15 bits per heavy atom. The van der Waals surface area contributed by atoms with Crippen molar-refractivity contribution in [3.8, 4) is 5.75 Å². The van der Waals surface area contributed by atoms with Crippen molar-refractivity contribution in [3.63, 3.8) is 0 Å². The fraction of sp³-hybridized carbons (Fsp3) is 0.308. The summed E-state index contributed by atoms with van der Waals surface area (Å²) in [5.74, 6) is -2.72. The number of phenols is 1. The van der Waals surface area contributed by atoms with E-state index in [1.165, 1.54) is 19.2 Å². The van der Waals surface area contributed by atoms with Crippen molar-refractivity contribution in [2.45, 2.75) is 12.5 Å². The second-order valence-electron chi connectivity index (χ2n) is 3.91. The van der Waals surface area contributed by atoms with Gasteiger partial charge in [0.15, 0.2) is 0 Å². The SMILES string of the molecule is COC(=O)C(=O)N[C@H](Cc1ccc(O)cc1)C(=O)OC. The Hall–Kier alpha value is -2.57. The molecule has 0 radical (unpaired) electrons. The molecular weight excluding hydrogens is 266 g/mol. The number of methoxy groups -OCH3 is 2. The molecule has 0 unspecified atom stereocenters. The summed E-state index contributed by atoms with van der Waals surface area (Å²) in [5, 5.41) is 11.4. The molecule has 1 amide bonds. The average Bonchev–Trinajstić information content (AvgIpc) is 2.46. The normalized spacial score (nSPS) is 11.3. The Morgan fingerprint density at radius 2 is 1.75 bits per heavy atom. The monoisotopic (exact) mass is 281 g/mol. The number of amides is 1. The molecule has 2 N–H and O–H groups in total. The number of carbonyl (C=O) groups excluding carboxylic acids is 3. The van der Waals surface area contributed by atoms with Gasteiger partial charge in [-0.2, -0.15) is 0 Å². The van der Waals surface area contributed by atoms with E-state index in [-0.39, 0.29) is 12.2 Å². The van der Waals surface area contributed by atoms with Gasteiger partial charge in [-0.3, -0.25) is 4.79 Å². The molecule has 0 aliphatic heterocycles. The van der Waals surface area contributed by atoms with Gasteiger partial charge in [0.25, 0.3) is 0 Å². The predicted octanol–water partition coefficient (Wildman–Crippen LogP) is -0.235. The molecule has 0 saturated carbocycles. The van der Waals surface area contributed by atoms with Crippen LogP contribution in [0, 0.1) is 0 Å². The first-order valence-electron chi connectivity index (χ1n) is 5.72. The maximum absolute atomic E-state index is 11.6. The lowest BCUT2D eigenvalue weighted by Crippen LogP contribution is -2.46. The standard InChI is InChI=1S/C13H15NO6/c1-19-12(17)10(14-11(16)13(18)20-2)7-8-3-5-9(15)6-4-8/h3-6,10,15H,7H2,1-2H3,(H,14,16)/t10-/m1/s1. The van der Waals surface area contributed by atoms with E-state index >= 15 is 0 Å². The van der Waals surface area contributed by atoms with Gasteiger partial charge in [0.2, 0.25) is 0 Å². The van der Waals surface area contributed by atoms with Crippen LogP contribution in [0.4, 0.5) is 0 Å². The Morgan fingerprint density at radius 3 is 2.25 bits per heavy atom. The first kappa shape index (κ1) is 15.5. The lowest BCUT2D eigenvalue weighted by Gasteiger charge is -2.15. The number of benzene rings is 1. The second-order valence-corrected chi connectivity index (χ2v) is 3.91. The maximum Gasteiger partial charge on any atom is 0.396 e. The van der Waals surface area contributed by atoms with E-state index in [4.69, 9.17) is 0 Å². The van der Waals surface area contributed by atoms with Crippen LogP contribution in [0.15, 0.2) is 24.3 Å². The lowest BCUT2D eigenvalue weighted by molar-refractivity contribution is -0.154. The molecule has 0 aliphatic carbocycles. The van der Waals surface area contributed by atoms with Crippen molar-refractivity contribution < 1.29 is 29.0 Å². The molecule has 1 aromatic carbocycles. The number of ether oxygens (including phenoxy) is 2. The van der Waals surface area contributed by atoms with Crippen molar-refractivity contribution in [3.05, 3.63) is 29.8 Å². The van der Waals surface area contributed by atoms with E-state index in [9.17, 15) is 19.5 Å². The number of nitrogens with one attached hydrogen (secondary N) is 1. The summed E-state index contributed by atoms with van der Waals surface area (Å²) >= 11 is 0. The number of phenolic OH excluding ortho intramolecular Hbond substituents is 1. The van der Waals surface area contributed by atoms with E-state index in [0.717, 1.165) is 7.11 Å². The number of rotatable bonds is 4. The van der Waals surface area contributed by atoms with Crippen LogP contribution >= 0.6 is 0 Å². The van der Waals surface area contributed by atoms with Crippen LogP contribution in [-0.4, -0.2) is 43.2 Å². The summed E-state index contributed by atoms with van der Waals surface area (Å²) in [6.45, 7) is 0. The van der Waals surface area contributed by atoms with Crippen LogP contribution in [0.1, 0.15) is 5.56 Å². The zero-order valence-corrected chi connectivity index (χ0v) is 11.1. The summed E-state index contributed by atoms with van der Waals surface area (Å²) in [4.78, 5) is 34.0. The summed E-state index contributed by atoms with van der Waals surface area (Å²) in [7, 11) is 2.24. The van der Waals surface area contributed by atoms with Crippen LogP contribution in [0.25, 0.3) is 0 Å². The average molecular weight is 281 g/mol. The highest BCUT2D eigenvalue weighted by atomic mass is 16.5. The fourth-order valence-corrected chi connectivity index (χ4v) is 1.51. The van der Waals surface area contributed by atoms with Gasteiger partial charge in [-0.1, -0.05) is 12.1 Å². The highest BCUT2D eigenvalue weighted by Gasteiger charge is 2.25. The molecule has 0 aromatic heterocycles. The third kappa shape index (κ3) is 4.27. The third-order valence-corrected chi connectivity index (χ3v) is 2.54. The van der Waals surface area contributed by atoms with Crippen LogP contribution in [-0.2, 0) is 30.3 Å². The largest absolute Gasteiger partial charge is 0.508 e. The van der Waals surface area contributed by atoms with Gasteiger partial charge in [0.1, 0.15) is 11.8 Å². The smallest absolute Gasteiger partial charge is 0.396 e. The number of hydrogen-bond donors (Lipinski definition) is 2. The van der Waals surface area contributed by atoms with E-state index in [1.807, 2.05) is 0 Å². The van der Waals surface area contributed by atoms with Crippen molar-refractivity contribution in [1.82, 2.24) is 5.32 Å². The molecule has 1 atom stereocenters. The molecule has 7 heteroatoms. The second kappa shape index (κ2) is 7.13. The highest BCUT2D eigenvalue weighted by Crippen LogP contribution is 2.11. The minimum absolute atomic E-state index is 0.0852. The summed E-state index contributed by atoms with van der Waals surface area (Å²) < 4.78 is 8.82.